The predicted molar refractivity (Wildman–Crippen MR) is 41.7 cm³/mol. The molecule has 0 aromatic carbocycles. The quantitative estimate of drug-likeness (QED) is 0.339. The molecule has 0 aliphatic heterocycles. The lowest BCUT2D eigenvalue weighted by molar-refractivity contribution is 0.760. The van der Waals surface area contributed by atoms with Crippen molar-refractivity contribution in [3.63, 3.8) is 0 Å². The van der Waals surface area contributed by atoms with E-state index in [-0.39, 0.29) is 9.52 Å². The van der Waals surface area contributed by atoms with E-state index in [1.807, 2.05) is 6.92 Å². The van der Waals surface area contributed by atoms with Crippen LogP contribution in [0.1, 0.15) is 27.7 Å². The van der Waals surface area contributed by atoms with E-state index in [0.29, 0.717) is 5.04 Å². The van der Waals surface area contributed by atoms with Gasteiger partial charge in [-0.05, 0) is 12.0 Å². The fraction of sp³-hybridized carbons (Fsp3) is 0.714. The van der Waals surface area contributed by atoms with E-state index < -0.39 is 0 Å². The first-order valence-electron chi connectivity index (χ1n) is 2.96. The van der Waals surface area contributed by atoms with Crippen molar-refractivity contribution in [3.8, 4) is 11.5 Å². The zero-order chi connectivity index (χ0) is 6.62. The smallest absolute Gasteiger partial charge is 0.112 e. The molecular formula is C7H14Si. The molecule has 0 bridgehead atoms. The fourth-order valence-corrected chi connectivity index (χ4v) is 1.06. The molecule has 0 aromatic heterocycles. The standard InChI is InChI=1S/C7H14Si/c1-5-6-8-7(2,3)4/h8H2,1-4H3. The first kappa shape index (κ1) is 7.78. The van der Waals surface area contributed by atoms with Gasteiger partial charge in [0.25, 0.3) is 0 Å². The minimum atomic E-state index is -0.111. The van der Waals surface area contributed by atoms with Crippen molar-refractivity contribution in [1.82, 2.24) is 0 Å². The van der Waals surface area contributed by atoms with E-state index in [4.69, 9.17) is 0 Å². The van der Waals surface area contributed by atoms with Crippen LogP contribution in [-0.4, -0.2) is 9.52 Å². The first-order valence-corrected chi connectivity index (χ1v) is 4.37. The highest BCUT2D eigenvalue weighted by atomic mass is 28.2. The van der Waals surface area contributed by atoms with Gasteiger partial charge in [0, 0.05) is 0 Å². The summed E-state index contributed by atoms with van der Waals surface area (Å²) in [5, 5.41) is 0.517. The second-order valence-electron chi connectivity index (χ2n) is 3.16. The zero-order valence-electron chi connectivity index (χ0n) is 6.21. The normalized spacial score (nSPS) is 11.5. The van der Waals surface area contributed by atoms with Crippen molar-refractivity contribution in [3.05, 3.63) is 0 Å². The topological polar surface area (TPSA) is 0 Å². The third kappa shape index (κ3) is 5.78. The van der Waals surface area contributed by atoms with Crippen LogP contribution >= 0.6 is 0 Å². The van der Waals surface area contributed by atoms with Crippen molar-refractivity contribution < 1.29 is 0 Å². The Morgan fingerprint density at radius 2 is 1.75 bits per heavy atom. The van der Waals surface area contributed by atoms with Crippen LogP contribution in [0, 0.1) is 11.5 Å². The Morgan fingerprint density at radius 1 is 1.25 bits per heavy atom. The summed E-state index contributed by atoms with van der Waals surface area (Å²) in [4.78, 5) is 0. The van der Waals surface area contributed by atoms with Crippen LogP contribution < -0.4 is 0 Å². The average molecular weight is 126 g/mol. The number of hydrogen-bond donors (Lipinski definition) is 0. The lowest BCUT2D eigenvalue weighted by Gasteiger charge is -2.11. The summed E-state index contributed by atoms with van der Waals surface area (Å²) in [6.45, 7) is 8.68. The monoisotopic (exact) mass is 126 g/mol. The summed E-state index contributed by atoms with van der Waals surface area (Å²) in [6, 6.07) is 0. The molecule has 0 aliphatic carbocycles. The second kappa shape index (κ2) is 2.94. The molecule has 46 valence electrons. The molecule has 0 spiro atoms. The number of hydrogen-bond acceptors (Lipinski definition) is 0. The summed E-state index contributed by atoms with van der Waals surface area (Å²) in [6.07, 6.45) is 0. The minimum Gasteiger partial charge on any atom is -0.139 e. The van der Waals surface area contributed by atoms with Crippen molar-refractivity contribution in [2.24, 2.45) is 0 Å². The number of rotatable bonds is 0. The first-order chi connectivity index (χ1) is 3.56. The van der Waals surface area contributed by atoms with Crippen molar-refractivity contribution in [2.75, 3.05) is 0 Å². The lowest BCUT2D eigenvalue weighted by atomic mass is 10.3. The maximum atomic E-state index is 3.18. The summed E-state index contributed by atoms with van der Waals surface area (Å²) >= 11 is 0. The predicted octanol–water partition coefficient (Wildman–Crippen LogP) is 1.35. The largest absolute Gasteiger partial charge is 0.139 e. The Kier molecular flexibility index (Phi) is 2.85. The molecule has 0 nitrogen and oxygen atoms in total. The van der Waals surface area contributed by atoms with Gasteiger partial charge in [-0.25, -0.2) is 0 Å². The van der Waals surface area contributed by atoms with Crippen LogP contribution in [0.15, 0.2) is 0 Å². The van der Waals surface area contributed by atoms with Gasteiger partial charge < -0.3 is 0 Å². The van der Waals surface area contributed by atoms with Crippen molar-refractivity contribution in [1.29, 1.82) is 0 Å². The van der Waals surface area contributed by atoms with Crippen LogP contribution in [0.3, 0.4) is 0 Å². The minimum absolute atomic E-state index is 0.111. The Labute approximate surface area is 54.5 Å². The molecule has 0 heterocycles. The molecule has 0 saturated heterocycles. The Hall–Kier alpha value is -0.223. The van der Waals surface area contributed by atoms with Crippen LogP contribution in [0.2, 0.25) is 5.04 Å². The van der Waals surface area contributed by atoms with E-state index in [0.717, 1.165) is 0 Å². The van der Waals surface area contributed by atoms with E-state index in [2.05, 4.69) is 32.2 Å². The van der Waals surface area contributed by atoms with Gasteiger partial charge in [-0.3, -0.25) is 0 Å². The molecule has 0 unspecified atom stereocenters. The zero-order valence-corrected chi connectivity index (χ0v) is 7.62. The molecular weight excluding hydrogens is 112 g/mol. The van der Waals surface area contributed by atoms with Gasteiger partial charge in [0.15, 0.2) is 0 Å². The second-order valence-corrected chi connectivity index (χ2v) is 5.99. The maximum Gasteiger partial charge on any atom is 0.112 e. The maximum absolute atomic E-state index is 3.18. The van der Waals surface area contributed by atoms with Gasteiger partial charge in [-0.1, -0.05) is 20.8 Å². The highest BCUT2D eigenvalue weighted by Crippen LogP contribution is 2.18. The van der Waals surface area contributed by atoms with Crippen LogP contribution in [0.25, 0.3) is 0 Å². The van der Waals surface area contributed by atoms with Gasteiger partial charge in [0.05, 0.1) is 0 Å². The Bertz CT molecular complexity index is 109. The molecule has 8 heavy (non-hydrogen) atoms. The van der Waals surface area contributed by atoms with Gasteiger partial charge in [0.2, 0.25) is 0 Å². The molecule has 0 aliphatic rings. The summed E-state index contributed by atoms with van der Waals surface area (Å²) in [7, 11) is -0.111. The fourth-order valence-electron chi connectivity index (χ4n) is 0.354. The van der Waals surface area contributed by atoms with Gasteiger partial charge in [-0.15, -0.1) is 11.5 Å². The van der Waals surface area contributed by atoms with Crippen LogP contribution in [0.5, 0.6) is 0 Å². The van der Waals surface area contributed by atoms with E-state index in [1.165, 1.54) is 0 Å². The molecule has 0 atom stereocenters. The third-order valence-corrected chi connectivity index (χ3v) is 2.39. The highest BCUT2D eigenvalue weighted by Gasteiger charge is 2.07. The Balaban J connectivity index is 3.50. The highest BCUT2D eigenvalue weighted by molar-refractivity contribution is 6.49. The summed E-state index contributed by atoms with van der Waals surface area (Å²) in [5.41, 5.74) is 3.18. The van der Waals surface area contributed by atoms with Gasteiger partial charge in [-0.2, -0.15) is 0 Å². The molecule has 0 N–H and O–H groups in total. The van der Waals surface area contributed by atoms with Crippen LogP contribution in [-0.2, 0) is 0 Å². The van der Waals surface area contributed by atoms with Crippen molar-refractivity contribution >= 4 is 9.52 Å². The molecule has 0 saturated carbocycles. The average Bonchev–Trinajstić information content (AvgIpc) is 1.59. The van der Waals surface area contributed by atoms with Crippen LogP contribution in [0.4, 0.5) is 0 Å². The van der Waals surface area contributed by atoms with Crippen molar-refractivity contribution in [2.45, 2.75) is 32.7 Å². The Morgan fingerprint density at radius 3 is 1.88 bits per heavy atom. The lowest BCUT2D eigenvalue weighted by Crippen LogP contribution is -2.04. The molecule has 0 fully saturated rings. The SMILES string of the molecule is CC#C[SiH2]C(C)(C)C. The molecule has 0 amide bonds. The van der Waals surface area contributed by atoms with E-state index >= 15 is 0 Å². The van der Waals surface area contributed by atoms with E-state index in [1.54, 1.807) is 0 Å². The molecule has 0 rings (SSSR count). The summed E-state index contributed by atoms with van der Waals surface area (Å²) in [5.74, 6) is 2.94. The van der Waals surface area contributed by atoms with Gasteiger partial charge >= 0.3 is 0 Å². The van der Waals surface area contributed by atoms with E-state index in [9.17, 15) is 0 Å². The molecule has 1 heteroatoms. The molecule has 0 radical (unpaired) electrons. The summed E-state index contributed by atoms with van der Waals surface area (Å²) < 4.78 is 0. The van der Waals surface area contributed by atoms with Gasteiger partial charge in [0.1, 0.15) is 9.52 Å². The molecule has 0 aromatic rings. The third-order valence-electron chi connectivity index (χ3n) is 0.795.